The van der Waals surface area contributed by atoms with E-state index in [-0.39, 0.29) is 17.5 Å². The molecule has 8 nitrogen and oxygen atoms in total. The number of para-hydroxylation sites is 1. The van der Waals surface area contributed by atoms with Crippen LogP contribution < -0.4 is 10.5 Å². The molecule has 2 aromatic heterocycles. The number of anilines is 1. The van der Waals surface area contributed by atoms with Gasteiger partial charge >= 0.3 is 0 Å². The van der Waals surface area contributed by atoms with E-state index in [1.165, 1.54) is 6.33 Å². The Kier molecular flexibility index (Phi) is 6.26. The van der Waals surface area contributed by atoms with Crippen molar-refractivity contribution in [3.05, 3.63) is 78.8 Å². The zero-order valence-corrected chi connectivity index (χ0v) is 21.0. The van der Waals surface area contributed by atoms with E-state index in [4.69, 9.17) is 10.5 Å². The first-order valence-corrected chi connectivity index (χ1v) is 13.0. The second-order valence-corrected chi connectivity index (χ2v) is 9.92. The zero-order chi connectivity index (χ0) is 26.1. The Labute approximate surface area is 221 Å². The number of fused-ring (bicyclic) bond motifs is 1. The Morgan fingerprint density at radius 2 is 1.82 bits per heavy atom. The summed E-state index contributed by atoms with van der Waals surface area (Å²) in [6.45, 7) is 1.16. The number of amides is 1. The van der Waals surface area contributed by atoms with Crippen LogP contribution in [0.5, 0.6) is 11.5 Å². The van der Waals surface area contributed by atoms with Crippen molar-refractivity contribution in [1.29, 1.82) is 5.26 Å². The molecular weight excluding hydrogens is 476 g/mol. The van der Waals surface area contributed by atoms with Crippen molar-refractivity contribution in [3.8, 4) is 28.7 Å². The van der Waals surface area contributed by atoms with Gasteiger partial charge in [0.1, 0.15) is 40.9 Å². The van der Waals surface area contributed by atoms with Crippen molar-refractivity contribution in [2.75, 3.05) is 18.8 Å². The van der Waals surface area contributed by atoms with E-state index >= 15 is 0 Å². The third-order valence-corrected chi connectivity index (χ3v) is 7.24. The second-order valence-electron chi connectivity index (χ2n) is 9.92. The molecule has 38 heavy (non-hydrogen) atoms. The van der Waals surface area contributed by atoms with Crippen LogP contribution in [0.3, 0.4) is 0 Å². The molecule has 1 saturated heterocycles. The van der Waals surface area contributed by atoms with E-state index in [1.807, 2.05) is 60.7 Å². The number of carbonyl (C=O) groups is 1. The average Bonchev–Trinajstić information content (AvgIpc) is 3.69. The van der Waals surface area contributed by atoms with E-state index in [2.05, 4.69) is 26.8 Å². The summed E-state index contributed by atoms with van der Waals surface area (Å²) in [6.07, 6.45) is 9.24. The fourth-order valence-electron chi connectivity index (χ4n) is 5.12. The SMILES string of the molecule is N#CC(=CC1CC1)C(=O)N1CCC[C@@H](n2cc(-c3ccc(Oc4ccccc4)cc3)c3c(N)ncnc32)C1. The summed E-state index contributed by atoms with van der Waals surface area (Å²) in [6, 6.07) is 19.7. The fourth-order valence-corrected chi connectivity index (χ4v) is 5.12. The molecule has 1 aliphatic heterocycles. The lowest BCUT2D eigenvalue weighted by Gasteiger charge is -2.33. The van der Waals surface area contributed by atoms with E-state index in [0.717, 1.165) is 59.3 Å². The summed E-state index contributed by atoms with van der Waals surface area (Å²) in [7, 11) is 0. The molecule has 1 saturated carbocycles. The van der Waals surface area contributed by atoms with E-state index in [1.54, 1.807) is 4.90 Å². The van der Waals surface area contributed by atoms with Gasteiger partial charge in [0.05, 0.1) is 11.4 Å². The van der Waals surface area contributed by atoms with Gasteiger partial charge in [0.15, 0.2) is 0 Å². The van der Waals surface area contributed by atoms with E-state index in [9.17, 15) is 10.1 Å². The van der Waals surface area contributed by atoms with Gasteiger partial charge in [0, 0.05) is 24.8 Å². The largest absolute Gasteiger partial charge is 0.457 e. The maximum atomic E-state index is 13.1. The van der Waals surface area contributed by atoms with Crippen LogP contribution >= 0.6 is 0 Å². The first-order valence-electron chi connectivity index (χ1n) is 13.0. The fraction of sp³-hybridized carbons (Fsp3) is 0.267. The molecule has 3 heterocycles. The van der Waals surface area contributed by atoms with Gasteiger partial charge in [-0.2, -0.15) is 5.26 Å². The maximum Gasteiger partial charge on any atom is 0.264 e. The topological polar surface area (TPSA) is 110 Å². The molecule has 8 heteroatoms. The van der Waals surface area contributed by atoms with Gasteiger partial charge in [-0.3, -0.25) is 4.79 Å². The second kappa shape index (κ2) is 10.0. The number of nitrogen functional groups attached to an aromatic ring is 1. The number of piperidine rings is 1. The van der Waals surface area contributed by atoms with Crippen molar-refractivity contribution in [1.82, 2.24) is 19.4 Å². The van der Waals surface area contributed by atoms with Crippen LogP contribution in [-0.4, -0.2) is 38.4 Å². The first kappa shape index (κ1) is 23.7. The van der Waals surface area contributed by atoms with Crippen molar-refractivity contribution in [2.45, 2.75) is 31.7 Å². The highest BCUT2D eigenvalue weighted by Crippen LogP contribution is 2.37. The van der Waals surface area contributed by atoms with Gasteiger partial charge in [-0.15, -0.1) is 0 Å². The molecule has 2 fully saturated rings. The van der Waals surface area contributed by atoms with Crippen LogP contribution in [0, 0.1) is 17.2 Å². The highest BCUT2D eigenvalue weighted by molar-refractivity contribution is 6.01. The molecule has 2 aliphatic rings. The predicted molar refractivity (Wildman–Crippen MR) is 145 cm³/mol. The minimum Gasteiger partial charge on any atom is -0.457 e. The number of aromatic nitrogens is 3. The molecule has 4 aromatic rings. The smallest absolute Gasteiger partial charge is 0.264 e. The van der Waals surface area contributed by atoms with Gasteiger partial charge in [0.2, 0.25) is 0 Å². The zero-order valence-electron chi connectivity index (χ0n) is 21.0. The monoisotopic (exact) mass is 504 g/mol. The van der Waals surface area contributed by atoms with Crippen LogP contribution in [-0.2, 0) is 4.79 Å². The number of nitrogens with zero attached hydrogens (tertiary/aromatic N) is 5. The summed E-state index contributed by atoms with van der Waals surface area (Å²) >= 11 is 0. The van der Waals surface area contributed by atoms with Crippen molar-refractivity contribution < 1.29 is 9.53 Å². The summed E-state index contributed by atoms with van der Waals surface area (Å²) in [4.78, 5) is 23.8. The number of nitrogens with two attached hydrogens (primary N) is 1. The standard InChI is InChI=1S/C30H28N6O2/c31-16-22(15-20-8-9-20)30(37)35-14-4-5-23(17-35)36-18-26(27-28(32)33-19-34-29(27)36)21-10-12-25(13-11-21)38-24-6-2-1-3-7-24/h1-3,6-7,10-13,15,18-20,23H,4-5,8-9,14,17H2,(H2,32,33,34)/t23-/m1/s1. The van der Waals surface area contributed by atoms with Gasteiger partial charge < -0.3 is 19.9 Å². The molecule has 6 rings (SSSR count). The van der Waals surface area contributed by atoms with Crippen molar-refractivity contribution in [2.24, 2.45) is 5.92 Å². The number of rotatable bonds is 6. The van der Waals surface area contributed by atoms with Gasteiger partial charge in [-0.1, -0.05) is 36.4 Å². The number of likely N-dealkylation sites (tertiary alicyclic amines) is 1. The Morgan fingerprint density at radius 1 is 1.05 bits per heavy atom. The lowest BCUT2D eigenvalue weighted by atomic mass is 10.0. The van der Waals surface area contributed by atoms with Gasteiger partial charge in [-0.05, 0) is 61.4 Å². The third kappa shape index (κ3) is 4.71. The Balaban J connectivity index is 1.30. The Morgan fingerprint density at radius 3 is 2.55 bits per heavy atom. The number of ether oxygens (including phenoxy) is 1. The minimum atomic E-state index is -0.177. The lowest BCUT2D eigenvalue weighted by Crippen LogP contribution is -2.41. The molecule has 190 valence electrons. The Bertz CT molecular complexity index is 1550. The quantitative estimate of drug-likeness (QED) is 0.274. The normalized spacial score (nSPS) is 17.8. The molecule has 0 spiro atoms. The molecule has 2 N–H and O–H groups in total. The number of allylic oxidation sites excluding steroid dienone is 1. The lowest BCUT2D eigenvalue weighted by molar-refractivity contribution is -0.128. The minimum absolute atomic E-state index is 0.0137. The number of benzene rings is 2. The molecule has 0 radical (unpaired) electrons. The van der Waals surface area contributed by atoms with Crippen molar-refractivity contribution in [3.63, 3.8) is 0 Å². The van der Waals surface area contributed by atoms with Gasteiger partial charge in [0.25, 0.3) is 5.91 Å². The van der Waals surface area contributed by atoms with E-state index in [0.29, 0.717) is 24.8 Å². The van der Waals surface area contributed by atoms with E-state index < -0.39 is 0 Å². The molecule has 1 atom stereocenters. The maximum absolute atomic E-state index is 13.1. The number of nitriles is 1. The van der Waals surface area contributed by atoms with Gasteiger partial charge in [-0.25, -0.2) is 9.97 Å². The third-order valence-electron chi connectivity index (χ3n) is 7.24. The average molecular weight is 505 g/mol. The molecule has 1 aliphatic carbocycles. The van der Waals surface area contributed by atoms with Crippen molar-refractivity contribution >= 4 is 22.8 Å². The highest BCUT2D eigenvalue weighted by atomic mass is 16.5. The molecule has 2 aromatic carbocycles. The van der Waals surface area contributed by atoms with Crippen LogP contribution in [0.2, 0.25) is 0 Å². The number of hydrogen-bond donors (Lipinski definition) is 1. The molecular formula is C30H28N6O2. The first-order chi connectivity index (χ1) is 18.6. The Hall–Kier alpha value is -4.64. The van der Waals surface area contributed by atoms with Crippen LogP contribution in [0.25, 0.3) is 22.2 Å². The molecule has 0 unspecified atom stereocenters. The van der Waals surface area contributed by atoms with Crippen LogP contribution in [0.4, 0.5) is 5.82 Å². The number of hydrogen-bond acceptors (Lipinski definition) is 6. The highest BCUT2D eigenvalue weighted by Gasteiger charge is 2.30. The van der Waals surface area contributed by atoms with Crippen LogP contribution in [0.15, 0.2) is 78.8 Å². The molecule has 1 amide bonds. The summed E-state index contributed by atoms with van der Waals surface area (Å²) < 4.78 is 8.07. The number of carbonyl (C=O) groups excluding carboxylic acids is 1. The predicted octanol–water partition coefficient (Wildman–Crippen LogP) is 5.50. The molecule has 0 bridgehead atoms. The van der Waals surface area contributed by atoms with Crippen LogP contribution in [0.1, 0.15) is 31.7 Å². The summed E-state index contributed by atoms with van der Waals surface area (Å²) in [5.74, 6) is 2.12. The summed E-state index contributed by atoms with van der Waals surface area (Å²) in [5, 5.41) is 10.4. The summed E-state index contributed by atoms with van der Waals surface area (Å²) in [5.41, 5.74) is 9.26.